The normalized spacial score (nSPS) is 11.3. The average molecular weight is 205 g/mol. The minimum absolute atomic E-state index is 0.0465. The molecule has 0 aliphatic rings. The van der Waals surface area contributed by atoms with Crippen LogP contribution in [0, 0.1) is 0 Å². The maximum absolute atomic E-state index is 8.55. The minimum atomic E-state index is 0.0465. The van der Waals surface area contributed by atoms with E-state index in [4.69, 9.17) is 5.11 Å². The molecule has 0 aliphatic carbocycles. The quantitative estimate of drug-likeness (QED) is 0.625. The van der Waals surface area contributed by atoms with Gasteiger partial charge in [0.25, 0.3) is 0 Å². The Kier molecular flexibility index (Phi) is 2.89. The Morgan fingerprint density at radius 1 is 1.33 bits per heavy atom. The van der Waals surface area contributed by atoms with E-state index in [2.05, 4.69) is 25.3 Å². The Balaban J connectivity index is 2.13. The zero-order valence-corrected chi connectivity index (χ0v) is 8.01. The lowest BCUT2D eigenvalue weighted by molar-refractivity contribution is 0.342. The molecule has 2 aromatic heterocycles. The van der Waals surface area contributed by atoms with Crippen LogP contribution in [-0.4, -0.2) is 38.2 Å². The molecule has 15 heavy (non-hydrogen) atoms. The standard InChI is InChI=1S/C9H11N5O/c15-4-2-1-3-10-8-7-9(12-5-11-7)14-6-13-8/h1-2,5-6,15H,3-4H2,(H2,10,11,12,13,14)/b2-1+. The lowest BCUT2D eigenvalue weighted by Crippen LogP contribution is -2.02. The number of hydrogen-bond donors (Lipinski definition) is 3. The van der Waals surface area contributed by atoms with E-state index in [0.717, 1.165) is 5.52 Å². The predicted octanol–water partition coefficient (Wildman–Crippen LogP) is 0.313. The van der Waals surface area contributed by atoms with E-state index >= 15 is 0 Å². The number of fused-ring (bicyclic) bond motifs is 1. The molecule has 3 N–H and O–H groups in total. The second-order valence-corrected chi connectivity index (χ2v) is 2.86. The van der Waals surface area contributed by atoms with Crippen molar-refractivity contribution in [1.29, 1.82) is 0 Å². The molecule has 0 spiro atoms. The number of aliphatic hydroxyl groups excluding tert-OH is 1. The lowest BCUT2D eigenvalue weighted by atomic mass is 10.4. The van der Waals surface area contributed by atoms with Crippen LogP contribution in [0.25, 0.3) is 11.2 Å². The Labute approximate surface area is 86.1 Å². The van der Waals surface area contributed by atoms with E-state index in [1.807, 2.05) is 6.08 Å². The predicted molar refractivity (Wildman–Crippen MR) is 56.4 cm³/mol. The molecule has 0 bridgehead atoms. The van der Waals surface area contributed by atoms with Crippen molar-refractivity contribution in [3.63, 3.8) is 0 Å². The maximum Gasteiger partial charge on any atom is 0.182 e. The summed E-state index contributed by atoms with van der Waals surface area (Å²) in [5.74, 6) is 0.708. The summed E-state index contributed by atoms with van der Waals surface area (Å²) in [6.07, 6.45) is 6.53. The van der Waals surface area contributed by atoms with Crippen LogP contribution in [0.5, 0.6) is 0 Å². The highest BCUT2D eigenvalue weighted by atomic mass is 16.2. The van der Waals surface area contributed by atoms with Gasteiger partial charge in [0.15, 0.2) is 11.5 Å². The van der Waals surface area contributed by atoms with Gasteiger partial charge in [0.1, 0.15) is 11.8 Å². The van der Waals surface area contributed by atoms with E-state index in [-0.39, 0.29) is 6.61 Å². The summed E-state index contributed by atoms with van der Waals surface area (Å²) in [6, 6.07) is 0. The Morgan fingerprint density at radius 2 is 2.27 bits per heavy atom. The fourth-order valence-electron chi connectivity index (χ4n) is 1.21. The fraction of sp³-hybridized carbons (Fsp3) is 0.222. The number of rotatable bonds is 4. The molecule has 0 saturated heterocycles. The molecule has 0 aliphatic heterocycles. The van der Waals surface area contributed by atoms with Gasteiger partial charge in [0.05, 0.1) is 12.9 Å². The first kappa shape index (κ1) is 9.60. The van der Waals surface area contributed by atoms with Gasteiger partial charge >= 0.3 is 0 Å². The summed E-state index contributed by atoms with van der Waals surface area (Å²) < 4.78 is 0. The first-order chi connectivity index (χ1) is 7.42. The number of nitrogens with one attached hydrogen (secondary N) is 2. The van der Waals surface area contributed by atoms with Crippen molar-refractivity contribution in [2.45, 2.75) is 0 Å². The topological polar surface area (TPSA) is 86.7 Å². The van der Waals surface area contributed by atoms with Crippen LogP contribution in [0.3, 0.4) is 0 Å². The fourth-order valence-corrected chi connectivity index (χ4v) is 1.21. The largest absolute Gasteiger partial charge is 0.392 e. The van der Waals surface area contributed by atoms with Crippen molar-refractivity contribution >= 4 is 17.0 Å². The molecule has 2 heterocycles. The second-order valence-electron chi connectivity index (χ2n) is 2.86. The Hall–Kier alpha value is -1.95. The molecule has 2 rings (SSSR count). The van der Waals surface area contributed by atoms with Crippen LogP contribution in [-0.2, 0) is 0 Å². The number of aromatic amines is 1. The molecular weight excluding hydrogens is 194 g/mol. The Morgan fingerprint density at radius 3 is 3.13 bits per heavy atom. The van der Waals surface area contributed by atoms with Crippen molar-refractivity contribution in [3.05, 3.63) is 24.8 Å². The van der Waals surface area contributed by atoms with Crippen molar-refractivity contribution in [3.8, 4) is 0 Å². The summed E-state index contributed by atoms with van der Waals surface area (Å²) in [6.45, 7) is 0.649. The van der Waals surface area contributed by atoms with Crippen LogP contribution in [0.4, 0.5) is 5.82 Å². The van der Waals surface area contributed by atoms with E-state index in [0.29, 0.717) is 18.0 Å². The van der Waals surface area contributed by atoms with Crippen LogP contribution in [0.1, 0.15) is 0 Å². The number of hydrogen-bond acceptors (Lipinski definition) is 5. The summed E-state index contributed by atoms with van der Waals surface area (Å²) in [5.41, 5.74) is 1.42. The smallest absolute Gasteiger partial charge is 0.182 e. The lowest BCUT2D eigenvalue weighted by Gasteiger charge is -2.01. The maximum atomic E-state index is 8.55. The van der Waals surface area contributed by atoms with Crippen LogP contribution in [0.2, 0.25) is 0 Å². The minimum Gasteiger partial charge on any atom is -0.392 e. The van der Waals surface area contributed by atoms with Gasteiger partial charge in [-0.05, 0) is 0 Å². The van der Waals surface area contributed by atoms with E-state index in [1.54, 1.807) is 12.4 Å². The zero-order valence-electron chi connectivity index (χ0n) is 8.01. The highest BCUT2D eigenvalue weighted by Gasteiger charge is 2.03. The van der Waals surface area contributed by atoms with Crippen LogP contribution >= 0.6 is 0 Å². The summed E-state index contributed by atoms with van der Waals surface area (Å²) in [5, 5.41) is 11.6. The van der Waals surface area contributed by atoms with Gasteiger partial charge in [-0.3, -0.25) is 0 Å². The molecule has 6 heteroatoms. The molecule has 0 aromatic carbocycles. The highest BCUT2D eigenvalue weighted by molar-refractivity contribution is 5.81. The van der Waals surface area contributed by atoms with Gasteiger partial charge < -0.3 is 15.4 Å². The second kappa shape index (κ2) is 4.52. The zero-order chi connectivity index (χ0) is 10.5. The number of H-pyrrole nitrogens is 1. The molecule has 0 unspecified atom stereocenters. The van der Waals surface area contributed by atoms with Crippen molar-refractivity contribution in [1.82, 2.24) is 19.9 Å². The van der Waals surface area contributed by atoms with Crippen LogP contribution in [0.15, 0.2) is 24.8 Å². The van der Waals surface area contributed by atoms with Gasteiger partial charge in [-0.2, -0.15) is 0 Å². The van der Waals surface area contributed by atoms with Crippen LogP contribution < -0.4 is 5.32 Å². The Bertz CT molecular complexity index is 464. The molecule has 2 aromatic rings. The highest BCUT2D eigenvalue weighted by Crippen LogP contribution is 2.13. The monoisotopic (exact) mass is 205 g/mol. The van der Waals surface area contributed by atoms with Crippen molar-refractivity contribution in [2.24, 2.45) is 0 Å². The van der Waals surface area contributed by atoms with Crippen molar-refractivity contribution < 1.29 is 5.11 Å². The number of anilines is 1. The first-order valence-electron chi connectivity index (χ1n) is 4.55. The average Bonchev–Trinajstić information content (AvgIpc) is 2.73. The third kappa shape index (κ3) is 2.10. The van der Waals surface area contributed by atoms with Gasteiger partial charge in [-0.1, -0.05) is 12.2 Å². The van der Waals surface area contributed by atoms with Gasteiger partial charge in [-0.25, -0.2) is 15.0 Å². The SMILES string of the molecule is OC/C=C/CNc1ncnc2nc[nH]c12. The summed E-state index contributed by atoms with van der Waals surface area (Å²) in [7, 11) is 0. The van der Waals surface area contributed by atoms with E-state index in [9.17, 15) is 0 Å². The number of nitrogens with zero attached hydrogens (tertiary/aromatic N) is 3. The van der Waals surface area contributed by atoms with E-state index < -0.39 is 0 Å². The molecule has 0 fully saturated rings. The molecule has 78 valence electrons. The number of imidazole rings is 1. The molecule has 0 radical (unpaired) electrons. The first-order valence-corrected chi connectivity index (χ1v) is 4.55. The number of aromatic nitrogens is 4. The van der Waals surface area contributed by atoms with E-state index in [1.165, 1.54) is 6.33 Å². The number of aliphatic hydroxyl groups is 1. The summed E-state index contributed by atoms with van der Waals surface area (Å²) in [4.78, 5) is 15.1. The van der Waals surface area contributed by atoms with Crippen molar-refractivity contribution in [2.75, 3.05) is 18.5 Å². The third-order valence-electron chi connectivity index (χ3n) is 1.88. The molecule has 0 amide bonds. The molecular formula is C9H11N5O. The van der Waals surface area contributed by atoms with Gasteiger partial charge in [0.2, 0.25) is 0 Å². The summed E-state index contributed by atoms with van der Waals surface area (Å²) >= 11 is 0. The van der Waals surface area contributed by atoms with Gasteiger partial charge in [0, 0.05) is 6.54 Å². The van der Waals surface area contributed by atoms with Gasteiger partial charge in [-0.15, -0.1) is 0 Å². The molecule has 0 atom stereocenters. The molecule has 6 nitrogen and oxygen atoms in total. The third-order valence-corrected chi connectivity index (χ3v) is 1.88. The molecule has 0 saturated carbocycles.